The average Bonchev–Trinajstić information content (AvgIpc) is 2.05. The molecular formula is C10H19N. The summed E-state index contributed by atoms with van der Waals surface area (Å²) in [6.07, 6.45) is 9.49. The highest BCUT2D eigenvalue weighted by Gasteiger charge is 1.72. The lowest BCUT2D eigenvalue weighted by Crippen LogP contribution is -1.90. The Bertz CT molecular complexity index is 141. The summed E-state index contributed by atoms with van der Waals surface area (Å²) in [5, 5.41) is 0. The van der Waals surface area contributed by atoms with Crippen LogP contribution in [0.25, 0.3) is 0 Å². The fourth-order valence-electron chi connectivity index (χ4n) is 0.455. The zero-order valence-electron chi connectivity index (χ0n) is 7.96. The fraction of sp³-hybridized carbons (Fsp3) is 0.400. The summed E-state index contributed by atoms with van der Waals surface area (Å²) in [6, 6.07) is 0. The van der Waals surface area contributed by atoms with E-state index >= 15 is 0 Å². The predicted molar refractivity (Wildman–Crippen MR) is 53.2 cm³/mol. The van der Waals surface area contributed by atoms with Crippen molar-refractivity contribution in [1.29, 1.82) is 0 Å². The Kier molecular flexibility index (Phi) is 13.6. The molecule has 0 atom stereocenters. The van der Waals surface area contributed by atoms with Gasteiger partial charge >= 0.3 is 0 Å². The molecule has 1 nitrogen and oxygen atoms in total. The highest BCUT2D eigenvalue weighted by Crippen LogP contribution is 1.86. The molecule has 0 aliphatic carbocycles. The van der Waals surface area contributed by atoms with Crippen LogP contribution in [0.3, 0.4) is 0 Å². The van der Waals surface area contributed by atoms with E-state index in [1.54, 1.807) is 0 Å². The standard InChI is InChI=1S/C8H13N.C2H6/c1-3-5-7-8(9)6-4-2;1-2/h3-7H,9H2,1-2H3;1-2H3/b5-3-,6-4-,8-7+;. The van der Waals surface area contributed by atoms with E-state index in [1.807, 2.05) is 58.1 Å². The lowest BCUT2D eigenvalue weighted by atomic mass is 10.3. The van der Waals surface area contributed by atoms with Crippen LogP contribution in [0.15, 0.2) is 36.1 Å². The first-order valence-electron chi connectivity index (χ1n) is 4.02. The van der Waals surface area contributed by atoms with Crippen LogP contribution in [0.2, 0.25) is 0 Å². The van der Waals surface area contributed by atoms with E-state index in [0.717, 1.165) is 5.70 Å². The first-order chi connectivity index (χ1) is 5.31. The maximum absolute atomic E-state index is 5.49. The van der Waals surface area contributed by atoms with Crippen molar-refractivity contribution < 1.29 is 0 Å². The molecule has 64 valence electrons. The van der Waals surface area contributed by atoms with Gasteiger partial charge in [0.2, 0.25) is 0 Å². The van der Waals surface area contributed by atoms with Crippen LogP contribution in [0.4, 0.5) is 0 Å². The Morgan fingerprint density at radius 1 is 1.09 bits per heavy atom. The fourth-order valence-corrected chi connectivity index (χ4v) is 0.455. The molecule has 1 heteroatoms. The van der Waals surface area contributed by atoms with Crippen molar-refractivity contribution in [2.45, 2.75) is 27.7 Å². The molecule has 0 aromatic heterocycles. The highest BCUT2D eigenvalue weighted by molar-refractivity contribution is 5.19. The zero-order chi connectivity index (χ0) is 9.11. The minimum atomic E-state index is 0.788. The summed E-state index contributed by atoms with van der Waals surface area (Å²) in [7, 11) is 0. The van der Waals surface area contributed by atoms with Gasteiger partial charge in [0.25, 0.3) is 0 Å². The number of nitrogens with two attached hydrogens (primary N) is 1. The number of rotatable bonds is 2. The van der Waals surface area contributed by atoms with Crippen LogP contribution in [0.1, 0.15) is 27.7 Å². The molecule has 0 fully saturated rings. The van der Waals surface area contributed by atoms with Crippen molar-refractivity contribution in [3.63, 3.8) is 0 Å². The van der Waals surface area contributed by atoms with Gasteiger partial charge in [-0.05, 0) is 26.0 Å². The minimum absolute atomic E-state index is 0.788. The molecule has 0 aliphatic rings. The van der Waals surface area contributed by atoms with E-state index < -0.39 is 0 Å². The molecule has 0 rings (SSSR count). The summed E-state index contributed by atoms with van der Waals surface area (Å²) in [5.41, 5.74) is 6.28. The molecule has 0 heterocycles. The Labute approximate surface area is 70.3 Å². The Morgan fingerprint density at radius 3 is 2.00 bits per heavy atom. The lowest BCUT2D eigenvalue weighted by molar-refractivity contribution is 1.41. The second-order valence-corrected chi connectivity index (χ2v) is 1.69. The molecule has 0 radical (unpaired) electrons. The summed E-state index contributed by atoms with van der Waals surface area (Å²) < 4.78 is 0. The third-order valence-corrected chi connectivity index (χ3v) is 0.840. The monoisotopic (exact) mass is 153 g/mol. The van der Waals surface area contributed by atoms with E-state index in [-0.39, 0.29) is 0 Å². The Hall–Kier alpha value is -0.980. The van der Waals surface area contributed by atoms with Gasteiger partial charge in [-0.1, -0.05) is 32.1 Å². The van der Waals surface area contributed by atoms with Crippen LogP contribution < -0.4 is 5.73 Å². The maximum Gasteiger partial charge on any atom is 0.0310 e. The normalized spacial score (nSPS) is 11.8. The number of allylic oxidation sites excluding steroid dienone is 5. The van der Waals surface area contributed by atoms with Crippen molar-refractivity contribution in [2.24, 2.45) is 5.73 Å². The smallest absolute Gasteiger partial charge is 0.0310 e. The topological polar surface area (TPSA) is 26.0 Å². The Morgan fingerprint density at radius 2 is 1.64 bits per heavy atom. The molecule has 0 aromatic rings. The summed E-state index contributed by atoms with van der Waals surface area (Å²) >= 11 is 0. The average molecular weight is 153 g/mol. The second-order valence-electron chi connectivity index (χ2n) is 1.69. The highest BCUT2D eigenvalue weighted by atomic mass is 14.5. The second kappa shape index (κ2) is 11.8. The van der Waals surface area contributed by atoms with Gasteiger partial charge in [-0.25, -0.2) is 0 Å². The van der Waals surface area contributed by atoms with Gasteiger partial charge in [0.15, 0.2) is 0 Å². The van der Waals surface area contributed by atoms with Gasteiger partial charge in [-0.15, -0.1) is 0 Å². The van der Waals surface area contributed by atoms with Crippen LogP contribution >= 0.6 is 0 Å². The molecule has 2 N–H and O–H groups in total. The minimum Gasteiger partial charge on any atom is -0.399 e. The quantitative estimate of drug-likeness (QED) is 0.606. The van der Waals surface area contributed by atoms with Gasteiger partial charge in [-0.3, -0.25) is 0 Å². The van der Waals surface area contributed by atoms with E-state index in [9.17, 15) is 0 Å². The molecule has 11 heavy (non-hydrogen) atoms. The molecule has 0 aromatic carbocycles. The van der Waals surface area contributed by atoms with Crippen molar-refractivity contribution in [3.05, 3.63) is 36.1 Å². The lowest BCUT2D eigenvalue weighted by Gasteiger charge is -1.84. The molecule has 0 saturated heterocycles. The SMILES string of the molecule is CC.C\C=C/C=C(N)\C=C/C. The first kappa shape index (κ1) is 12.7. The van der Waals surface area contributed by atoms with Crippen molar-refractivity contribution in [3.8, 4) is 0 Å². The van der Waals surface area contributed by atoms with Crippen molar-refractivity contribution in [1.82, 2.24) is 0 Å². The van der Waals surface area contributed by atoms with Crippen LogP contribution in [-0.2, 0) is 0 Å². The molecular weight excluding hydrogens is 134 g/mol. The summed E-state index contributed by atoms with van der Waals surface area (Å²) in [4.78, 5) is 0. The van der Waals surface area contributed by atoms with Gasteiger partial charge in [0.05, 0.1) is 0 Å². The van der Waals surface area contributed by atoms with E-state index in [4.69, 9.17) is 5.73 Å². The van der Waals surface area contributed by atoms with Crippen LogP contribution in [0.5, 0.6) is 0 Å². The summed E-state index contributed by atoms with van der Waals surface area (Å²) in [5.74, 6) is 0. The Balaban J connectivity index is 0. The van der Waals surface area contributed by atoms with Gasteiger partial charge in [0, 0.05) is 5.70 Å². The largest absolute Gasteiger partial charge is 0.399 e. The molecule has 0 bridgehead atoms. The number of hydrogen-bond acceptors (Lipinski definition) is 1. The number of hydrogen-bond donors (Lipinski definition) is 1. The van der Waals surface area contributed by atoms with Crippen molar-refractivity contribution in [2.75, 3.05) is 0 Å². The molecule has 0 saturated carbocycles. The van der Waals surface area contributed by atoms with Crippen LogP contribution in [0, 0.1) is 0 Å². The predicted octanol–water partition coefficient (Wildman–Crippen LogP) is 3.01. The van der Waals surface area contributed by atoms with Gasteiger partial charge in [0.1, 0.15) is 0 Å². The molecule has 0 unspecified atom stereocenters. The third-order valence-electron chi connectivity index (χ3n) is 0.840. The molecule has 0 amide bonds. The zero-order valence-corrected chi connectivity index (χ0v) is 7.96. The van der Waals surface area contributed by atoms with Crippen molar-refractivity contribution >= 4 is 0 Å². The van der Waals surface area contributed by atoms with Gasteiger partial charge < -0.3 is 5.73 Å². The molecule has 0 spiro atoms. The maximum atomic E-state index is 5.49. The van der Waals surface area contributed by atoms with E-state index in [1.165, 1.54) is 0 Å². The molecule has 0 aliphatic heterocycles. The van der Waals surface area contributed by atoms with Gasteiger partial charge in [-0.2, -0.15) is 0 Å². The van der Waals surface area contributed by atoms with E-state index in [0.29, 0.717) is 0 Å². The summed E-state index contributed by atoms with van der Waals surface area (Å²) in [6.45, 7) is 7.90. The van der Waals surface area contributed by atoms with Crippen LogP contribution in [-0.4, -0.2) is 0 Å². The first-order valence-corrected chi connectivity index (χ1v) is 4.02. The van der Waals surface area contributed by atoms with E-state index in [2.05, 4.69) is 0 Å². The third kappa shape index (κ3) is 12.3.